The molecule has 0 unspecified atom stereocenters. The summed E-state index contributed by atoms with van der Waals surface area (Å²) in [4.78, 5) is 15.1. The first kappa shape index (κ1) is 11.5. The number of rotatable bonds is 2. The number of aromatic amines is 1. The first-order valence-electron chi connectivity index (χ1n) is 5.87. The second-order valence-electron chi connectivity index (χ2n) is 4.21. The molecule has 0 aliphatic carbocycles. The number of hydrogen-bond acceptors (Lipinski definition) is 1. The van der Waals surface area contributed by atoms with Gasteiger partial charge in [0, 0.05) is 17.3 Å². The third-order valence-corrected chi connectivity index (χ3v) is 2.94. The van der Waals surface area contributed by atoms with Crippen LogP contribution < -0.4 is 5.32 Å². The van der Waals surface area contributed by atoms with Gasteiger partial charge in [0.1, 0.15) is 5.82 Å². The minimum atomic E-state index is -0.447. The molecular formula is C15H11FN2O. The monoisotopic (exact) mass is 254 g/mol. The number of halogens is 1. The molecule has 0 saturated heterocycles. The van der Waals surface area contributed by atoms with E-state index in [0.29, 0.717) is 5.56 Å². The Morgan fingerprint density at radius 1 is 1.11 bits per heavy atom. The van der Waals surface area contributed by atoms with Crippen LogP contribution in [0, 0.1) is 5.82 Å². The second-order valence-corrected chi connectivity index (χ2v) is 4.21. The van der Waals surface area contributed by atoms with Gasteiger partial charge >= 0.3 is 0 Å². The first-order chi connectivity index (χ1) is 9.24. The molecule has 0 aliphatic heterocycles. The first-order valence-corrected chi connectivity index (χ1v) is 5.87. The average Bonchev–Trinajstić information content (AvgIpc) is 2.88. The average molecular weight is 254 g/mol. The molecular weight excluding hydrogens is 243 g/mol. The van der Waals surface area contributed by atoms with Gasteiger partial charge in [-0.3, -0.25) is 4.79 Å². The Bertz CT molecular complexity index is 748. The minimum Gasteiger partial charge on any atom is -0.361 e. The molecule has 0 fully saturated rings. The zero-order valence-electron chi connectivity index (χ0n) is 9.98. The fourth-order valence-corrected chi connectivity index (χ4v) is 1.95. The van der Waals surface area contributed by atoms with Crippen molar-refractivity contribution in [2.75, 3.05) is 5.32 Å². The van der Waals surface area contributed by atoms with E-state index in [0.717, 1.165) is 10.9 Å². The Hall–Kier alpha value is -2.62. The standard InChI is InChI=1S/C15H11FN2O/c16-12-3-1-2-4-13(12)18-15(19)11-6-5-10-7-8-17-14(10)9-11/h1-9,17H,(H,18,19). The summed E-state index contributed by atoms with van der Waals surface area (Å²) in [6, 6.07) is 13.3. The molecule has 0 spiro atoms. The number of para-hydroxylation sites is 1. The van der Waals surface area contributed by atoms with E-state index in [2.05, 4.69) is 10.3 Å². The normalized spacial score (nSPS) is 10.6. The van der Waals surface area contributed by atoms with Gasteiger partial charge in [-0.05, 0) is 35.7 Å². The van der Waals surface area contributed by atoms with Gasteiger partial charge < -0.3 is 10.3 Å². The van der Waals surface area contributed by atoms with E-state index >= 15 is 0 Å². The quantitative estimate of drug-likeness (QED) is 0.721. The molecule has 0 radical (unpaired) electrons. The highest BCUT2D eigenvalue weighted by Crippen LogP contribution is 2.17. The fraction of sp³-hybridized carbons (Fsp3) is 0. The number of anilines is 1. The van der Waals surface area contributed by atoms with E-state index in [1.807, 2.05) is 18.3 Å². The van der Waals surface area contributed by atoms with Crippen molar-refractivity contribution >= 4 is 22.5 Å². The zero-order valence-corrected chi connectivity index (χ0v) is 9.98. The molecule has 3 rings (SSSR count). The Morgan fingerprint density at radius 2 is 1.95 bits per heavy atom. The summed E-state index contributed by atoms with van der Waals surface area (Å²) < 4.78 is 13.4. The van der Waals surface area contributed by atoms with Gasteiger partial charge in [0.05, 0.1) is 5.69 Å². The van der Waals surface area contributed by atoms with Crippen LogP contribution in [0.2, 0.25) is 0 Å². The summed E-state index contributed by atoms with van der Waals surface area (Å²) in [7, 11) is 0. The number of benzene rings is 2. The van der Waals surface area contributed by atoms with Crippen LogP contribution in [-0.2, 0) is 0 Å². The van der Waals surface area contributed by atoms with Crippen molar-refractivity contribution in [1.29, 1.82) is 0 Å². The number of nitrogens with one attached hydrogen (secondary N) is 2. The van der Waals surface area contributed by atoms with Crippen molar-refractivity contribution in [1.82, 2.24) is 4.98 Å². The predicted octanol–water partition coefficient (Wildman–Crippen LogP) is 3.56. The smallest absolute Gasteiger partial charge is 0.255 e. The van der Waals surface area contributed by atoms with E-state index < -0.39 is 5.82 Å². The van der Waals surface area contributed by atoms with Gasteiger partial charge in [-0.15, -0.1) is 0 Å². The molecule has 3 nitrogen and oxygen atoms in total. The molecule has 1 aromatic heterocycles. The number of carbonyl (C=O) groups excluding carboxylic acids is 1. The fourth-order valence-electron chi connectivity index (χ4n) is 1.95. The van der Waals surface area contributed by atoms with Crippen molar-refractivity contribution in [3.8, 4) is 0 Å². The number of amides is 1. The van der Waals surface area contributed by atoms with Gasteiger partial charge in [0.25, 0.3) is 5.91 Å². The maximum Gasteiger partial charge on any atom is 0.255 e. The maximum atomic E-state index is 13.4. The highest BCUT2D eigenvalue weighted by Gasteiger charge is 2.09. The van der Waals surface area contributed by atoms with Crippen LogP contribution in [0.15, 0.2) is 54.7 Å². The number of H-pyrrole nitrogens is 1. The van der Waals surface area contributed by atoms with Crippen LogP contribution in [-0.4, -0.2) is 10.9 Å². The zero-order chi connectivity index (χ0) is 13.2. The highest BCUT2D eigenvalue weighted by atomic mass is 19.1. The van der Waals surface area contributed by atoms with E-state index in [-0.39, 0.29) is 11.6 Å². The van der Waals surface area contributed by atoms with Gasteiger partial charge in [0.2, 0.25) is 0 Å². The lowest BCUT2D eigenvalue weighted by atomic mass is 10.1. The molecule has 2 aromatic carbocycles. The van der Waals surface area contributed by atoms with Gasteiger partial charge in [-0.1, -0.05) is 18.2 Å². The minimum absolute atomic E-state index is 0.180. The molecule has 0 bridgehead atoms. The molecule has 0 aliphatic rings. The van der Waals surface area contributed by atoms with Crippen LogP contribution in [0.25, 0.3) is 10.9 Å². The number of hydrogen-bond donors (Lipinski definition) is 2. The molecule has 2 N–H and O–H groups in total. The van der Waals surface area contributed by atoms with Crippen molar-refractivity contribution in [2.24, 2.45) is 0 Å². The summed E-state index contributed by atoms with van der Waals surface area (Å²) in [6.45, 7) is 0. The van der Waals surface area contributed by atoms with Crippen LogP contribution in [0.3, 0.4) is 0 Å². The third-order valence-electron chi connectivity index (χ3n) is 2.94. The number of carbonyl (C=O) groups is 1. The SMILES string of the molecule is O=C(Nc1ccccc1F)c1ccc2cc[nH]c2c1. The van der Waals surface area contributed by atoms with Crippen molar-refractivity contribution in [3.63, 3.8) is 0 Å². The third kappa shape index (κ3) is 2.20. The Balaban J connectivity index is 1.89. The maximum absolute atomic E-state index is 13.4. The van der Waals surface area contributed by atoms with Gasteiger partial charge in [-0.2, -0.15) is 0 Å². The Kier molecular flexibility index (Phi) is 2.76. The second kappa shape index (κ2) is 4.57. The molecule has 0 atom stereocenters. The van der Waals surface area contributed by atoms with E-state index in [1.54, 1.807) is 24.3 Å². The molecule has 3 aromatic rings. The van der Waals surface area contributed by atoms with E-state index in [4.69, 9.17) is 0 Å². The summed E-state index contributed by atoms with van der Waals surface area (Å²) in [5.41, 5.74) is 1.54. The topological polar surface area (TPSA) is 44.9 Å². The largest absolute Gasteiger partial charge is 0.361 e. The molecule has 0 saturated carbocycles. The molecule has 94 valence electrons. The van der Waals surface area contributed by atoms with Gasteiger partial charge in [0.15, 0.2) is 0 Å². The summed E-state index contributed by atoms with van der Waals surface area (Å²) in [6.07, 6.45) is 1.81. The Morgan fingerprint density at radius 3 is 2.79 bits per heavy atom. The van der Waals surface area contributed by atoms with Crippen LogP contribution >= 0.6 is 0 Å². The molecule has 1 heterocycles. The Labute approximate surface area is 109 Å². The van der Waals surface area contributed by atoms with Crippen molar-refractivity contribution in [3.05, 3.63) is 66.1 Å². The molecule has 1 amide bonds. The lowest BCUT2D eigenvalue weighted by Crippen LogP contribution is -2.12. The number of aromatic nitrogens is 1. The lowest BCUT2D eigenvalue weighted by molar-refractivity contribution is 0.102. The van der Waals surface area contributed by atoms with Crippen LogP contribution in [0.4, 0.5) is 10.1 Å². The lowest BCUT2D eigenvalue weighted by Gasteiger charge is -2.06. The molecule has 4 heteroatoms. The summed E-state index contributed by atoms with van der Waals surface area (Å²) in [5, 5.41) is 3.59. The van der Waals surface area contributed by atoms with E-state index in [9.17, 15) is 9.18 Å². The van der Waals surface area contributed by atoms with E-state index in [1.165, 1.54) is 12.1 Å². The van der Waals surface area contributed by atoms with Crippen molar-refractivity contribution < 1.29 is 9.18 Å². The summed E-state index contributed by atoms with van der Waals surface area (Å²) >= 11 is 0. The summed E-state index contributed by atoms with van der Waals surface area (Å²) in [5.74, 6) is -0.779. The predicted molar refractivity (Wildman–Crippen MR) is 72.7 cm³/mol. The number of fused-ring (bicyclic) bond motifs is 1. The highest BCUT2D eigenvalue weighted by molar-refractivity contribution is 6.06. The molecule has 19 heavy (non-hydrogen) atoms. The van der Waals surface area contributed by atoms with Crippen molar-refractivity contribution in [2.45, 2.75) is 0 Å². The van der Waals surface area contributed by atoms with Gasteiger partial charge in [-0.25, -0.2) is 4.39 Å². The van der Waals surface area contributed by atoms with Crippen LogP contribution in [0.5, 0.6) is 0 Å². The van der Waals surface area contributed by atoms with Crippen LogP contribution in [0.1, 0.15) is 10.4 Å².